The summed E-state index contributed by atoms with van der Waals surface area (Å²) in [6.07, 6.45) is 3.61. The second kappa shape index (κ2) is 9.28. The number of nitrogens with one attached hydrogen (secondary N) is 1. The van der Waals surface area contributed by atoms with Gasteiger partial charge >= 0.3 is 5.56 Å². The van der Waals surface area contributed by atoms with E-state index in [9.17, 15) is 22.0 Å². The van der Waals surface area contributed by atoms with Crippen LogP contribution in [0.15, 0.2) is 70.3 Å². The molecule has 0 saturated carbocycles. The van der Waals surface area contributed by atoms with Crippen LogP contribution in [0.3, 0.4) is 0 Å². The molecule has 1 heterocycles. The largest absolute Gasteiger partial charge is 0.456 e. The quantitative estimate of drug-likeness (QED) is 0.425. The molecule has 3 rings (SSSR count). The second-order valence-corrected chi connectivity index (χ2v) is 8.74. The summed E-state index contributed by atoms with van der Waals surface area (Å²) >= 11 is 0. The Morgan fingerprint density at radius 2 is 1.81 bits per heavy atom. The van der Waals surface area contributed by atoms with E-state index in [4.69, 9.17) is 9.57 Å². The first-order valence-electron chi connectivity index (χ1n) is 9.12. The van der Waals surface area contributed by atoms with Gasteiger partial charge in [0, 0.05) is 12.3 Å². The van der Waals surface area contributed by atoms with E-state index in [1.54, 1.807) is 6.92 Å². The third kappa shape index (κ3) is 5.01. The smallest absolute Gasteiger partial charge is 0.315 e. The summed E-state index contributed by atoms with van der Waals surface area (Å²) in [7, 11) is -2.01. The molecule has 0 atom stereocenters. The average Bonchev–Trinajstić information content (AvgIpc) is 2.74. The van der Waals surface area contributed by atoms with Crippen LogP contribution in [0.1, 0.15) is 6.92 Å². The Kier molecular flexibility index (Phi) is 6.70. The van der Waals surface area contributed by atoms with Crippen molar-refractivity contribution in [3.8, 4) is 22.6 Å². The highest BCUT2D eigenvalue weighted by Crippen LogP contribution is 2.28. The highest BCUT2D eigenvalue weighted by molar-refractivity contribution is 7.90. The first-order valence-corrected chi connectivity index (χ1v) is 11.0. The summed E-state index contributed by atoms with van der Waals surface area (Å²) < 4.78 is 56.9. The van der Waals surface area contributed by atoms with E-state index in [1.165, 1.54) is 49.9 Å². The molecule has 0 aliphatic rings. The minimum Gasteiger partial charge on any atom is -0.456 e. The lowest BCUT2D eigenvalue weighted by Gasteiger charge is -2.13. The minimum atomic E-state index is -3.41. The molecule has 2 aromatic carbocycles. The van der Waals surface area contributed by atoms with Crippen LogP contribution in [-0.2, 0) is 14.7 Å². The molecule has 32 heavy (non-hydrogen) atoms. The predicted molar refractivity (Wildman–Crippen MR) is 113 cm³/mol. The number of sulfone groups is 1. The van der Waals surface area contributed by atoms with Crippen molar-refractivity contribution < 1.29 is 26.8 Å². The van der Waals surface area contributed by atoms with Crippen molar-refractivity contribution in [3.05, 3.63) is 82.6 Å². The van der Waals surface area contributed by atoms with E-state index < -0.39 is 27.0 Å². The normalized spacial score (nSPS) is 12.0. The van der Waals surface area contributed by atoms with Gasteiger partial charge in [-0.3, -0.25) is 15.1 Å². The van der Waals surface area contributed by atoms with E-state index in [0.717, 1.165) is 23.1 Å². The number of hydrogen-bond acceptors (Lipinski definition) is 7. The van der Waals surface area contributed by atoms with Gasteiger partial charge in [0.1, 0.15) is 6.26 Å². The molecule has 0 aliphatic carbocycles. The maximum absolute atomic E-state index is 13.7. The Bertz CT molecular complexity index is 1340. The summed E-state index contributed by atoms with van der Waals surface area (Å²) in [6.45, 7) is 1.62. The molecule has 0 bridgehead atoms. The molecule has 0 aliphatic heterocycles. The zero-order valence-corrected chi connectivity index (χ0v) is 18.1. The molecule has 3 aromatic rings. The molecule has 1 N–H and O–H groups in total. The van der Waals surface area contributed by atoms with Crippen molar-refractivity contribution in [1.29, 1.82) is 0 Å². The van der Waals surface area contributed by atoms with Crippen LogP contribution in [0.5, 0.6) is 5.75 Å². The Morgan fingerprint density at radius 3 is 2.41 bits per heavy atom. The van der Waals surface area contributed by atoms with E-state index in [0.29, 0.717) is 11.3 Å². The lowest BCUT2D eigenvalue weighted by atomic mass is 10.1. The van der Waals surface area contributed by atoms with Gasteiger partial charge in [-0.1, -0.05) is 12.1 Å². The second-order valence-electron chi connectivity index (χ2n) is 6.72. The Labute approximate surface area is 182 Å². The van der Waals surface area contributed by atoms with Crippen LogP contribution in [-0.4, -0.2) is 31.6 Å². The van der Waals surface area contributed by atoms with Crippen LogP contribution in [0.4, 0.5) is 8.78 Å². The summed E-state index contributed by atoms with van der Waals surface area (Å²) in [5.41, 5.74) is 2.93. The van der Waals surface area contributed by atoms with Crippen molar-refractivity contribution >= 4 is 9.84 Å². The molecular formula is C21H19F2N3O5S. The van der Waals surface area contributed by atoms with Gasteiger partial charge < -0.3 is 4.74 Å². The van der Waals surface area contributed by atoms with Crippen LogP contribution in [0.2, 0.25) is 0 Å². The first kappa shape index (κ1) is 23.1. The van der Waals surface area contributed by atoms with Gasteiger partial charge in [0.05, 0.1) is 35.2 Å². The van der Waals surface area contributed by atoms with E-state index >= 15 is 0 Å². The number of aromatic nitrogens is 2. The van der Waals surface area contributed by atoms with E-state index in [2.05, 4.69) is 10.6 Å². The summed E-state index contributed by atoms with van der Waals surface area (Å²) in [4.78, 5) is 18.0. The first-order chi connectivity index (χ1) is 15.1. The SMILES string of the molecule is CONC(C)=COc1c(-c2ccc(S(C)(=O)=O)cc2)cnn(-c2ccc(F)c(F)c2)c1=O. The summed E-state index contributed by atoms with van der Waals surface area (Å²) in [5.74, 6) is -2.38. The molecule has 168 valence electrons. The molecule has 0 fully saturated rings. The fraction of sp³-hybridized carbons (Fsp3) is 0.143. The van der Waals surface area contributed by atoms with Crippen molar-refractivity contribution in [2.75, 3.05) is 13.4 Å². The molecule has 8 nitrogen and oxygen atoms in total. The Hall–Kier alpha value is -3.57. The predicted octanol–water partition coefficient (Wildman–Crippen LogP) is 2.97. The number of hydrogen-bond donors (Lipinski definition) is 1. The molecule has 0 amide bonds. The Balaban J connectivity index is 2.16. The monoisotopic (exact) mass is 463 g/mol. The number of ether oxygens (including phenoxy) is 1. The van der Waals surface area contributed by atoms with Gasteiger partial charge in [-0.05, 0) is 36.8 Å². The molecule has 1 aromatic heterocycles. The maximum Gasteiger partial charge on any atom is 0.315 e. The molecule has 0 saturated heterocycles. The van der Waals surface area contributed by atoms with E-state index in [1.807, 2.05) is 0 Å². The van der Waals surface area contributed by atoms with Gasteiger partial charge in [-0.25, -0.2) is 17.2 Å². The summed E-state index contributed by atoms with van der Waals surface area (Å²) in [6, 6.07) is 8.71. The number of benzene rings is 2. The third-order valence-corrected chi connectivity index (χ3v) is 5.42. The zero-order valence-electron chi connectivity index (χ0n) is 17.3. The minimum absolute atomic E-state index is 0.00607. The molecule has 0 spiro atoms. The van der Waals surface area contributed by atoms with Crippen molar-refractivity contribution in [2.24, 2.45) is 0 Å². The van der Waals surface area contributed by atoms with Crippen molar-refractivity contribution in [2.45, 2.75) is 11.8 Å². The van der Waals surface area contributed by atoms with E-state index in [-0.39, 0.29) is 21.9 Å². The lowest BCUT2D eigenvalue weighted by molar-refractivity contribution is 0.116. The zero-order chi connectivity index (χ0) is 23.5. The van der Waals surface area contributed by atoms with Gasteiger partial charge in [-0.2, -0.15) is 9.78 Å². The van der Waals surface area contributed by atoms with Crippen molar-refractivity contribution in [1.82, 2.24) is 15.3 Å². The number of hydroxylamine groups is 1. The number of halogens is 2. The topological polar surface area (TPSA) is 99.5 Å². The molecular weight excluding hydrogens is 444 g/mol. The summed E-state index contributed by atoms with van der Waals surface area (Å²) in [5, 5.41) is 4.05. The number of rotatable bonds is 7. The number of allylic oxidation sites excluding steroid dienone is 1. The maximum atomic E-state index is 13.7. The van der Waals surface area contributed by atoms with Gasteiger partial charge in [0.25, 0.3) is 0 Å². The van der Waals surface area contributed by atoms with Crippen LogP contribution in [0.25, 0.3) is 16.8 Å². The molecule has 0 unspecified atom stereocenters. The highest BCUT2D eigenvalue weighted by atomic mass is 32.2. The third-order valence-electron chi connectivity index (χ3n) is 4.29. The van der Waals surface area contributed by atoms with Crippen LogP contribution < -0.4 is 15.8 Å². The Morgan fingerprint density at radius 1 is 1.12 bits per heavy atom. The molecule has 11 heteroatoms. The number of nitrogens with zero attached hydrogens (tertiary/aromatic N) is 2. The van der Waals surface area contributed by atoms with Gasteiger partial charge in [0.15, 0.2) is 21.5 Å². The fourth-order valence-electron chi connectivity index (χ4n) is 2.77. The average molecular weight is 463 g/mol. The van der Waals surface area contributed by atoms with Gasteiger partial charge in [0.2, 0.25) is 5.75 Å². The van der Waals surface area contributed by atoms with Crippen molar-refractivity contribution in [3.63, 3.8) is 0 Å². The van der Waals surface area contributed by atoms with Gasteiger partial charge in [-0.15, -0.1) is 0 Å². The highest BCUT2D eigenvalue weighted by Gasteiger charge is 2.17. The fourth-order valence-corrected chi connectivity index (χ4v) is 3.40. The molecule has 0 radical (unpaired) electrons. The standard InChI is InChI=1S/C21H19F2N3O5S/c1-13(25-30-2)12-31-20-17(14-4-7-16(8-5-14)32(3,28)29)11-24-26(21(20)27)15-6-9-18(22)19(23)10-15/h4-12,25H,1-3H3. The van der Waals surface area contributed by atoms with Crippen LogP contribution in [0, 0.1) is 11.6 Å². The van der Waals surface area contributed by atoms with Crippen LogP contribution >= 0.6 is 0 Å². The lowest BCUT2D eigenvalue weighted by Crippen LogP contribution is -2.23.